The second-order valence-corrected chi connectivity index (χ2v) is 4.50. The summed E-state index contributed by atoms with van der Waals surface area (Å²) in [5.41, 5.74) is 0.702. The topological polar surface area (TPSA) is 105 Å². The molecular weight excluding hydrogens is 262 g/mol. The van der Waals surface area contributed by atoms with E-state index in [0.717, 1.165) is 0 Å². The van der Waals surface area contributed by atoms with Gasteiger partial charge in [-0.25, -0.2) is 4.79 Å². The van der Waals surface area contributed by atoms with Crippen LogP contribution in [0.15, 0.2) is 4.52 Å². The van der Waals surface area contributed by atoms with Gasteiger partial charge < -0.3 is 14.6 Å². The van der Waals surface area contributed by atoms with Gasteiger partial charge >= 0.3 is 5.97 Å². The van der Waals surface area contributed by atoms with Gasteiger partial charge in [0.15, 0.2) is 12.4 Å². The molecule has 0 atom stereocenters. The SMILES string of the molecule is Cc1noc(C(C)C)c1C(=O)OCC(=O)NCCC#N. The Labute approximate surface area is 116 Å². The van der Waals surface area contributed by atoms with Gasteiger partial charge in [-0.05, 0) is 6.92 Å². The Hall–Kier alpha value is -2.36. The van der Waals surface area contributed by atoms with Gasteiger partial charge in [-0.15, -0.1) is 0 Å². The summed E-state index contributed by atoms with van der Waals surface area (Å²) >= 11 is 0. The quantitative estimate of drug-likeness (QED) is 0.621. The van der Waals surface area contributed by atoms with Gasteiger partial charge in [-0.1, -0.05) is 19.0 Å². The van der Waals surface area contributed by atoms with E-state index in [2.05, 4.69) is 10.5 Å². The first-order chi connectivity index (χ1) is 9.47. The smallest absolute Gasteiger partial charge is 0.344 e. The van der Waals surface area contributed by atoms with Crippen LogP contribution in [-0.2, 0) is 9.53 Å². The molecule has 1 aromatic heterocycles. The Kier molecular flexibility index (Phi) is 5.72. The number of esters is 1. The molecule has 108 valence electrons. The fourth-order valence-corrected chi connectivity index (χ4v) is 1.54. The molecule has 0 radical (unpaired) electrons. The Morgan fingerprint density at radius 3 is 2.80 bits per heavy atom. The Balaban J connectivity index is 2.58. The predicted molar refractivity (Wildman–Crippen MR) is 68.9 cm³/mol. The normalized spacial score (nSPS) is 10.2. The van der Waals surface area contributed by atoms with Gasteiger partial charge in [-0.2, -0.15) is 5.26 Å². The molecule has 0 aromatic carbocycles. The van der Waals surface area contributed by atoms with E-state index in [1.807, 2.05) is 19.9 Å². The Bertz CT molecular complexity index is 528. The molecule has 0 bridgehead atoms. The molecule has 1 heterocycles. The summed E-state index contributed by atoms with van der Waals surface area (Å²) in [5, 5.41) is 14.5. The minimum Gasteiger partial charge on any atom is -0.452 e. The van der Waals surface area contributed by atoms with Crippen LogP contribution in [0.1, 0.15) is 48.0 Å². The van der Waals surface area contributed by atoms with Gasteiger partial charge in [0.2, 0.25) is 0 Å². The van der Waals surface area contributed by atoms with E-state index in [4.69, 9.17) is 14.5 Å². The first kappa shape index (κ1) is 15.7. The number of amides is 1. The largest absolute Gasteiger partial charge is 0.452 e. The number of nitrogens with zero attached hydrogens (tertiary/aromatic N) is 2. The highest BCUT2D eigenvalue weighted by Crippen LogP contribution is 2.22. The third-order valence-electron chi connectivity index (χ3n) is 2.51. The average Bonchev–Trinajstić information content (AvgIpc) is 2.78. The van der Waals surface area contributed by atoms with Gasteiger partial charge in [0, 0.05) is 12.5 Å². The van der Waals surface area contributed by atoms with E-state index >= 15 is 0 Å². The van der Waals surface area contributed by atoms with Crippen LogP contribution in [0.25, 0.3) is 0 Å². The molecule has 0 aliphatic carbocycles. The molecule has 0 unspecified atom stereocenters. The average molecular weight is 279 g/mol. The fourth-order valence-electron chi connectivity index (χ4n) is 1.54. The van der Waals surface area contributed by atoms with E-state index in [0.29, 0.717) is 11.5 Å². The van der Waals surface area contributed by atoms with Gasteiger partial charge in [-0.3, -0.25) is 4.79 Å². The molecule has 7 heteroatoms. The summed E-state index contributed by atoms with van der Waals surface area (Å²) in [7, 11) is 0. The van der Waals surface area contributed by atoms with Crippen LogP contribution in [0.5, 0.6) is 0 Å². The van der Waals surface area contributed by atoms with E-state index in [9.17, 15) is 9.59 Å². The van der Waals surface area contributed by atoms with Crippen molar-refractivity contribution in [3.8, 4) is 6.07 Å². The highest BCUT2D eigenvalue weighted by Gasteiger charge is 2.24. The van der Waals surface area contributed by atoms with Crippen LogP contribution in [0.2, 0.25) is 0 Å². The van der Waals surface area contributed by atoms with E-state index < -0.39 is 18.5 Å². The molecule has 7 nitrogen and oxygen atoms in total. The lowest BCUT2D eigenvalue weighted by Crippen LogP contribution is -2.29. The van der Waals surface area contributed by atoms with Crippen LogP contribution in [0.3, 0.4) is 0 Å². The van der Waals surface area contributed by atoms with E-state index in [-0.39, 0.29) is 24.4 Å². The van der Waals surface area contributed by atoms with Crippen LogP contribution < -0.4 is 5.32 Å². The second kappa shape index (κ2) is 7.28. The highest BCUT2D eigenvalue weighted by atomic mass is 16.5. The fraction of sp³-hybridized carbons (Fsp3) is 0.538. The minimum absolute atomic E-state index is 0.0109. The Morgan fingerprint density at radius 2 is 2.20 bits per heavy atom. The van der Waals surface area contributed by atoms with Crippen molar-refractivity contribution in [3.05, 3.63) is 17.0 Å². The molecule has 0 spiro atoms. The summed E-state index contributed by atoms with van der Waals surface area (Å²) in [5.74, 6) is -0.655. The van der Waals surface area contributed by atoms with Crippen molar-refractivity contribution in [3.63, 3.8) is 0 Å². The number of aromatic nitrogens is 1. The molecule has 1 N–H and O–H groups in total. The lowest BCUT2D eigenvalue weighted by molar-refractivity contribution is -0.124. The zero-order valence-electron chi connectivity index (χ0n) is 11.7. The molecule has 0 aliphatic rings. The summed E-state index contributed by atoms with van der Waals surface area (Å²) in [4.78, 5) is 23.3. The van der Waals surface area contributed by atoms with Crippen molar-refractivity contribution in [1.29, 1.82) is 5.26 Å². The molecule has 0 fully saturated rings. The van der Waals surface area contributed by atoms with Crippen molar-refractivity contribution in [2.75, 3.05) is 13.2 Å². The summed E-state index contributed by atoms with van der Waals surface area (Å²) in [6, 6.07) is 1.89. The maximum Gasteiger partial charge on any atom is 0.344 e. The molecule has 0 saturated heterocycles. The molecule has 0 aliphatic heterocycles. The number of carbonyl (C=O) groups excluding carboxylic acids is 2. The molecule has 1 rings (SSSR count). The van der Waals surface area contributed by atoms with Crippen molar-refractivity contribution in [1.82, 2.24) is 10.5 Å². The molecule has 0 saturated carbocycles. The first-order valence-corrected chi connectivity index (χ1v) is 6.24. The van der Waals surface area contributed by atoms with Crippen LogP contribution in [0, 0.1) is 18.3 Å². The maximum absolute atomic E-state index is 11.9. The van der Waals surface area contributed by atoms with Crippen molar-refractivity contribution < 1.29 is 18.8 Å². The standard InChI is InChI=1S/C13H17N3O4/c1-8(2)12-11(9(3)16-20-12)13(18)19-7-10(17)15-6-4-5-14/h8H,4,6-7H2,1-3H3,(H,15,17). The van der Waals surface area contributed by atoms with Crippen molar-refractivity contribution in [2.45, 2.75) is 33.1 Å². The van der Waals surface area contributed by atoms with Crippen molar-refractivity contribution in [2.24, 2.45) is 0 Å². The monoisotopic (exact) mass is 279 g/mol. The highest BCUT2D eigenvalue weighted by molar-refractivity contribution is 5.93. The molecule has 1 amide bonds. The van der Waals surface area contributed by atoms with Crippen LogP contribution >= 0.6 is 0 Å². The predicted octanol–water partition coefficient (Wildman–Crippen LogP) is 1.29. The number of rotatable bonds is 6. The lowest BCUT2D eigenvalue weighted by Gasteiger charge is -2.06. The van der Waals surface area contributed by atoms with Gasteiger partial charge in [0.25, 0.3) is 5.91 Å². The number of aryl methyl sites for hydroxylation is 1. The van der Waals surface area contributed by atoms with Crippen LogP contribution in [0.4, 0.5) is 0 Å². The summed E-state index contributed by atoms with van der Waals surface area (Å²) < 4.78 is 9.99. The molecule has 1 aromatic rings. The number of nitriles is 1. The number of hydrogen-bond donors (Lipinski definition) is 1. The van der Waals surface area contributed by atoms with Gasteiger partial charge in [0.05, 0.1) is 18.2 Å². The second-order valence-electron chi connectivity index (χ2n) is 4.50. The number of hydrogen-bond acceptors (Lipinski definition) is 6. The van der Waals surface area contributed by atoms with Crippen LogP contribution in [-0.4, -0.2) is 30.2 Å². The number of carbonyl (C=O) groups is 2. The molecule has 20 heavy (non-hydrogen) atoms. The summed E-state index contributed by atoms with van der Waals surface area (Å²) in [6.45, 7) is 5.21. The Morgan fingerprint density at radius 1 is 1.50 bits per heavy atom. The van der Waals surface area contributed by atoms with E-state index in [1.54, 1.807) is 6.92 Å². The number of ether oxygens (including phenoxy) is 1. The van der Waals surface area contributed by atoms with Crippen molar-refractivity contribution >= 4 is 11.9 Å². The third kappa shape index (κ3) is 4.09. The third-order valence-corrected chi connectivity index (χ3v) is 2.51. The van der Waals surface area contributed by atoms with Gasteiger partial charge in [0.1, 0.15) is 5.56 Å². The summed E-state index contributed by atoms with van der Waals surface area (Å²) in [6.07, 6.45) is 0.210. The zero-order valence-corrected chi connectivity index (χ0v) is 11.7. The zero-order chi connectivity index (χ0) is 15.1. The number of nitrogens with one attached hydrogen (secondary N) is 1. The molecular formula is C13H17N3O4. The first-order valence-electron chi connectivity index (χ1n) is 6.24. The minimum atomic E-state index is -0.636. The maximum atomic E-state index is 11.9. The van der Waals surface area contributed by atoms with E-state index in [1.165, 1.54) is 0 Å². The lowest BCUT2D eigenvalue weighted by atomic mass is 10.1.